The van der Waals surface area contributed by atoms with Crippen molar-refractivity contribution in [2.45, 2.75) is 13.8 Å². The number of nitrogens with one attached hydrogen (secondary N) is 1. The summed E-state index contributed by atoms with van der Waals surface area (Å²) in [5.41, 5.74) is 1.81. The van der Waals surface area contributed by atoms with Crippen molar-refractivity contribution in [1.82, 2.24) is 5.65 Å². The molecule has 0 radical (unpaired) electrons. The van der Waals surface area contributed by atoms with E-state index >= 15 is 0 Å². The van der Waals surface area contributed by atoms with Gasteiger partial charge in [-0.1, -0.05) is 10.6 Å². The third-order valence-corrected chi connectivity index (χ3v) is 0.626. The molecule has 0 fully saturated rings. The van der Waals surface area contributed by atoms with Crippen LogP contribution in [0.2, 0.25) is 0 Å². The summed E-state index contributed by atoms with van der Waals surface area (Å²) in [5.74, 6) is 0. The molecule has 2 nitrogen and oxygen atoms in total. The van der Waals surface area contributed by atoms with Gasteiger partial charge in [0.25, 0.3) is 0 Å². The molecule has 8 heavy (non-hydrogen) atoms. The molecule has 0 spiro atoms. The Labute approximate surface area is 48.0 Å². The predicted octanol–water partition coefficient (Wildman–Crippen LogP) is 1.41. The van der Waals surface area contributed by atoms with Gasteiger partial charge in [-0.15, -0.1) is 5.65 Å². The topological polar surface area (TPSA) is 24.4 Å². The van der Waals surface area contributed by atoms with Crippen LogP contribution in [0.25, 0.3) is 0 Å². The van der Waals surface area contributed by atoms with Crippen molar-refractivity contribution in [2.75, 3.05) is 0 Å². The zero-order valence-electron chi connectivity index (χ0n) is 4.98. The van der Waals surface area contributed by atoms with Crippen LogP contribution in [-0.2, 0) is 0 Å². The molecule has 3 heteroatoms. The molecule has 0 saturated heterocycles. The van der Waals surface area contributed by atoms with E-state index in [0.717, 1.165) is 0 Å². The molecule has 0 heterocycles. The lowest BCUT2D eigenvalue weighted by molar-refractivity contribution is 0.347. The van der Waals surface area contributed by atoms with Crippen molar-refractivity contribution in [3.63, 3.8) is 0 Å². The van der Waals surface area contributed by atoms with Gasteiger partial charge in [-0.3, -0.25) is 0 Å². The zero-order chi connectivity index (χ0) is 6.41. The number of rotatable bonds is 2. The number of hydrazone groups is 1. The Morgan fingerprint density at radius 3 is 2.75 bits per heavy atom. The quantitative estimate of drug-likeness (QED) is 0.329. The number of allylic oxidation sites excluding steroid dienone is 2. The SMILES string of the molecule is C/C=C\C(C)=N/NF. The summed E-state index contributed by atoms with van der Waals surface area (Å²) >= 11 is 0. The van der Waals surface area contributed by atoms with Crippen LogP contribution in [0.3, 0.4) is 0 Å². The van der Waals surface area contributed by atoms with E-state index < -0.39 is 0 Å². The lowest BCUT2D eigenvalue weighted by atomic mass is 10.4. The van der Waals surface area contributed by atoms with Crippen molar-refractivity contribution in [1.29, 1.82) is 0 Å². The van der Waals surface area contributed by atoms with Crippen LogP contribution in [0.5, 0.6) is 0 Å². The highest BCUT2D eigenvalue weighted by Crippen LogP contribution is 1.76. The molecule has 0 aliphatic heterocycles. The largest absolute Gasteiger partial charge is 0.155 e. The van der Waals surface area contributed by atoms with E-state index in [4.69, 9.17) is 0 Å². The third-order valence-electron chi connectivity index (χ3n) is 0.626. The molecule has 0 amide bonds. The van der Waals surface area contributed by atoms with Gasteiger partial charge in [-0.2, -0.15) is 5.10 Å². The van der Waals surface area contributed by atoms with E-state index in [9.17, 15) is 4.48 Å². The molecule has 0 aliphatic rings. The first kappa shape index (κ1) is 7.14. The Kier molecular flexibility index (Phi) is 3.84. The second kappa shape index (κ2) is 4.30. The van der Waals surface area contributed by atoms with Crippen LogP contribution in [0, 0.1) is 0 Å². The number of hydrogen-bond donors (Lipinski definition) is 1. The minimum absolute atomic E-state index is 0.620. The van der Waals surface area contributed by atoms with Crippen molar-refractivity contribution in [3.05, 3.63) is 12.2 Å². The second-order valence-corrected chi connectivity index (χ2v) is 1.34. The monoisotopic (exact) mass is 116 g/mol. The average Bonchev–Trinajstić information content (AvgIpc) is 1.68. The van der Waals surface area contributed by atoms with Gasteiger partial charge in [0.05, 0.1) is 5.71 Å². The van der Waals surface area contributed by atoms with Gasteiger partial charge >= 0.3 is 0 Å². The van der Waals surface area contributed by atoms with Gasteiger partial charge in [-0.05, 0) is 19.9 Å². The summed E-state index contributed by atoms with van der Waals surface area (Å²) in [6.07, 6.45) is 3.49. The molecule has 0 aromatic carbocycles. The molecule has 0 aromatic heterocycles. The van der Waals surface area contributed by atoms with Gasteiger partial charge in [0.1, 0.15) is 0 Å². The summed E-state index contributed by atoms with van der Waals surface area (Å²) in [6.45, 7) is 3.55. The maximum Gasteiger partial charge on any atom is 0.0596 e. The summed E-state index contributed by atoms with van der Waals surface area (Å²) in [5, 5.41) is 3.23. The van der Waals surface area contributed by atoms with Crippen LogP contribution in [0.1, 0.15) is 13.8 Å². The Hall–Kier alpha value is -0.860. The highest BCUT2D eigenvalue weighted by atomic mass is 19.2. The van der Waals surface area contributed by atoms with E-state index in [1.165, 1.54) is 5.65 Å². The summed E-state index contributed by atoms with van der Waals surface area (Å²) in [4.78, 5) is 0. The first-order valence-corrected chi connectivity index (χ1v) is 2.34. The number of nitrogens with zero attached hydrogens (tertiary/aromatic N) is 1. The molecule has 1 N–H and O–H groups in total. The molecule has 0 unspecified atom stereocenters. The Morgan fingerprint density at radius 1 is 1.75 bits per heavy atom. The number of halogens is 1. The zero-order valence-corrected chi connectivity index (χ0v) is 4.98. The first-order chi connectivity index (χ1) is 3.81. The van der Waals surface area contributed by atoms with Crippen LogP contribution in [0.15, 0.2) is 17.3 Å². The number of hydrogen-bond acceptors (Lipinski definition) is 2. The summed E-state index contributed by atoms with van der Waals surface area (Å²) in [6, 6.07) is 0. The molecular weight excluding hydrogens is 107 g/mol. The van der Waals surface area contributed by atoms with Crippen LogP contribution < -0.4 is 5.65 Å². The van der Waals surface area contributed by atoms with Crippen LogP contribution >= 0.6 is 0 Å². The second-order valence-electron chi connectivity index (χ2n) is 1.34. The molecule has 0 atom stereocenters. The molecule has 46 valence electrons. The van der Waals surface area contributed by atoms with Crippen molar-refractivity contribution in [3.8, 4) is 0 Å². The van der Waals surface area contributed by atoms with Gasteiger partial charge < -0.3 is 0 Å². The standard InChI is InChI=1S/C5H9FN2/c1-3-4-5(2)7-8-6/h3-4,8H,1-2H3/b4-3-,7-5-. The van der Waals surface area contributed by atoms with Gasteiger partial charge in [0.15, 0.2) is 0 Å². The fourth-order valence-corrected chi connectivity index (χ4v) is 0.345. The van der Waals surface area contributed by atoms with E-state index in [2.05, 4.69) is 5.10 Å². The fraction of sp³-hybridized carbons (Fsp3) is 0.400. The minimum Gasteiger partial charge on any atom is -0.155 e. The van der Waals surface area contributed by atoms with Gasteiger partial charge in [0, 0.05) is 0 Å². The molecule has 0 rings (SSSR count). The predicted molar refractivity (Wildman–Crippen MR) is 32.2 cm³/mol. The van der Waals surface area contributed by atoms with E-state index in [0.29, 0.717) is 5.71 Å². The van der Waals surface area contributed by atoms with Crippen LogP contribution in [-0.4, -0.2) is 5.71 Å². The van der Waals surface area contributed by atoms with Crippen molar-refractivity contribution < 1.29 is 4.48 Å². The van der Waals surface area contributed by atoms with E-state index in [-0.39, 0.29) is 0 Å². The minimum atomic E-state index is 0.620. The lowest BCUT2D eigenvalue weighted by Gasteiger charge is -1.84. The van der Waals surface area contributed by atoms with Gasteiger partial charge in [-0.25, -0.2) is 0 Å². The Morgan fingerprint density at radius 2 is 2.38 bits per heavy atom. The maximum atomic E-state index is 11.1. The molecule has 0 aliphatic carbocycles. The molecule has 0 bridgehead atoms. The van der Waals surface area contributed by atoms with E-state index in [1.54, 1.807) is 19.1 Å². The summed E-state index contributed by atoms with van der Waals surface area (Å²) < 4.78 is 11.1. The van der Waals surface area contributed by atoms with E-state index in [1.807, 2.05) is 6.92 Å². The van der Waals surface area contributed by atoms with Crippen molar-refractivity contribution in [2.24, 2.45) is 5.10 Å². The molecule has 0 saturated carbocycles. The maximum absolute atomic E-state index is 11.1. The molecular formula is C5H9FN2. The van der Waals surface area contributed by atoms with Crippen molar-refractivity contribution >= 4 is 5.71 Å². The highest BCUT2D eigenvalue weighted by Gasteiger charge is 1.76. The first-order valence-electron chi connectivity index (χ1n) is 2.34. The Balaban J connectivity index is 3.61. The van der Waals surface area contributed by atoms with Crippen LogP contribution in [0.4, 0.5) is 4.48 Å². The molecule has 0 aromatic rings. The van der Waals surface area contributed by atoms with Gasteiger partial charge in [0.2, 0.25) is 0 Å². The summed E-state index contributed by atoms with van der Waals surface area (Å²) in [7, 11) is 0. The smallest absolute Gasteiger partial charge is 0.0596 e. The fourth-order valence-electron chi connectivity index (χ4n) is 0.345. The highest BCUT2D eigenvalue weighted by molar-refractivity contribution is 5.92. The Bertz CT molecular complexity index is 107. The average molecular weight is 116 g/mol. The lowest BCUT2D eigenvalue weighted by Crippen LogP contribution is -1.92. The normalized spacial score (nSPS) is 12.6. The third kappa shape index (κ3) is 3.33.